The Bertz CT molecular complexity index is 963. The van der Waals surface area contributed by atoms with Crippen molar-refractivity contribution in [2.75, 3.05) is 19.6 Å². The van der Waals surface area contributed by atoms with Gasteiger partial charge in [0, 0.05) is 17.8 Å². The van der Waals surface area contributed by atoms with Crippen LogP contribution in [0.5, 0.6) is 0 Å². The van der Waals surface area contributed by atoms with Gasteiger partial charge in [-0.05, 0) is 95.3 Å². The second-order valence-electron chi connectivity index (χ2n) is 9.68. The number of pyridine rings is 1. The maximum atomic E-state index is 4.65. The molecule has 0 radical (unpaired) electrons. The lowest BCUT2D eigenvalue weighted by atomic mass is 9.92. The molecule has 0 amide bonds. The minimum atomic E-state index is 0.0393. The van der Waals surface area contributed by atoms with E-state index >= 15 is 0 Å². The second kappa shape index (κ2) is 11.5. The third kappa shape index (κ3) is 6.45. The normalized spacial score (nSPS) is 18.4. The number of nitrogens with one attached hydrogen (secondary N) is 1. The maximum absolute atomic E-state index is 4.65. The van der Waals surface area contributed by atoms with Crippen molar-refractivity contribution in [1.29, 1.82) is 0 Å². The van der Waals surface area contributed by atoms with Crippen LogP contribution in [0, 0.1) is 12.8 Å². The second-order valence-corrected chi connectivity index (χ2v) is 9.68. The van der Waals surface area contributed by atoms with E-state index in [2.05, 4.69) is 84.2 Å². The van der Waals surface area contributed by atoms with Crippen LogP contribution in [0.3, 0.4) is 0 Å². The van der Waals surface area contributed by atoms with Gasteiger partial charge >= 0.3 is 0 Å². The van der Waals surface area contributed by atoms with E-state index in [1.165, 1.54) is 61.8 Å². The summed E-state index contributed by atoms with van der Waals surface area (Å²) in [7, 11) is 0. The number of hydrogen-bond donors (Lipinski definition) is 1. The molecule has 174 valence electrons. The lowest BCUT2D eigenvalue weighted by Crippen LogP contribution is -2.37. The topological polar surface area (TPSA) is 28.2 Å². The number of likely N-dealkylation sites (tertiary alicyclic amines) is 1. The van der Waals surface area contributed by atoms with Crippen LogP contribution in [-0.2, 0) is 0 Å². The standard InChI is InChI=1S/C30H39N3/c1-23-13-15-28(16-14-23)30(29-12-6-7-19-31-29)32-25(3)27-17-21-33(22-18-27)20-8-11-26-10-5-4-9-24(26)2/h6-7,9-10,12-16,19,27,30,32H,3-5,8,11,17-18,20-22H2,1-2H3. The van der Waals surface area contributed by atoms with E-state index in [-0.39, 0.29) is 6.04 Å². The Kier molecular flexibility index (Phi) is 8.17. The van der Waals surface area contributed by atoms with Gasteiger partial charge in [0.15, 0.2) is 0 Å². The number of rotatable bonds is 9. The molecule has 1 aromatic carbocycles. The summed E-state index contributed by atoms with van der Waals surface area (Å²) in [6.45, 7) is 12.4. The molecule has 1 atom stereocenters. The van der Waals surface area contributed by atoms with Crippen LogP contribution in [0.4, 0.5) is 0 Å². The number of aromatic nitrogens is 1. The molecule has 1 unspecified atom stereocenters. The van der Waals surface area contributed by atoms with Crippen LogP contribution >= 0.6 is 0 Å². The van der Waals surface area contributed by atoms with Crippen LogP contribution in [0.25, 0.3) is 0 Å². The molecule has 4 rings (SSSR count). The first-order valence-electron chi connectivity index (χ1n) is 12.6. The maximum Gasteiger partial charge on any atom is 0.0937 e. The van der Waals surface area contributed by atoms with E-state index in [0.29, 0.717) is 5.92 Å². The SMILES string of the molecule is C=C(NC(c1ccc(C)cc1)c1ccccn1)C1CCN(CCCC2=CCCC=C2C)CC1. The smallest absolute Gasteiger partial charge is 0.0937 e. The van der Waals surface area contributed by atoms with E-state index in [9.17, 15) is 0 Å². The molecule has 1 saturated heterocycles. The van der Waals surface area contributed by atoms with Gasteiger partial charge in [-0.15, -0.1) is 0 Å². The highest BCUT2D eigenvalue weighted by molar-refractivity contribution is 5.32. The van der Waals surface area contributed by atoms with Crippen molar-refractivity contribution < 1.29 is 0 Å². The first-order valence-corrected chi connectivity index (χ1v) is 12.6. The lowest BCUT2D eigenvalue weighted by Gasteiger charge is -2.34. The van der Waals surface area contributed by atoms with E-state index in [1.54, 1.807) is 5.57 Å². The predicted octanol–water partition coefficient (Wildman–Crippen LogP) is 6.74. The monoisotopic (exact) mass is 441 g/mol. The Morgan fingerprint density at radius 1 is 1.06 bits per heavy atom. The van der Waals surface area contributed by atoms with Crippen LogP contribution in [0.1, 0.15) is 68.3 Å². The largest absolute Gasteiger partial charge is 0.376 e. The third-order valence-electron chi connectivity index (χ3n) is 7.24. The zero-order chi connectivity index (χ0) is 23.0. The molecular formula is C30H39N3. The first kappa shape index (κ1) is 23.5. The Labute approximate surface area is 200 Å². The zero-order valence-corrected chi connectivity index (χ0v) is 20.4. The van der Waals surface area contributed by atoms with Crippen molar-refractivity contribution >= 4 is 0 Å². The molecule has 2 aliphatic rings. The highest BCUT2D eigenvalue weighted by Crippen LogP contribution is 2.28. The van der Waals surface area contributed by atoms with Crippen molar-refractivity contribution in [2.45, 2.75) is 58.4 Å². The summed E-state index contributed by atoms with van der Waals surface area (Å²) in [6.07, 6.45) is 14.0. The average molecular weight is 442 g/mol. The highest BCUT2D eigenvalue weighted by Gasteiger charge is 2.24. The van der Waals surface area contributed by atoms with E-state index in [0.717, 1.165) is 24.5 Å². The van der Waals surface area contributed by atoms with Crippen molar-refractivity contribution in [1.82, 2.24) is 15.2 Å². The summed E-state index contributed by atoms with van der Waals surface area (Å²) < 4.78 is 0. The van der Waals surface area contributed by atoms with Gasteiger partial charge in [-0.3, -0.25) is 4.98 Å². The summed E-state index contributed by atoms with van der Waals surface area (Å²) in [6, 6.07) is 14.9. The van der Waals surface area contributed by atoms with Crippen LogP contribution < -0.4 is 5.32 Å². The Hall–Kier alpha value is -2.65. The van der Waals surface area contributed by atoms with Crippen molar-refractivity contribution in [3.8, 4) is 0 Å². The molecule has 0 saturated carbocycles. The molecule has 33 heavy (non-hydrogen) atoms. The molecule has 1 fully saturated rings. The Morgan fingerprint density at radius 2 is 1.82 bits per heavy atom. The van der Waals surface area contributed by atoms with Crippen LogP contribution in [0.15, 0.2) is 84.2 Å². The van der Waals surface area contributed by atoms with Crippen molar-refractivity contribution in [3.05, 3.63) is 101 Å². The Balaban J connectivity index is 1.29. The number of piperidine rings is 1. The van der Waals surface area contributed by atoms with Gasteiger partial charge in [0.1, 0.15) is 0 Å². The molecule has 0 spiro atoms. The molecule has 1 N–H and O–H groups in total. The molecule has 1 aliphatic heterocycles. The molecule has 2 aromatic rings. The predicted molar refractivity (Wildman–Crippen MR) is 139 cm³/mol. The first-order chi connectivity index (χ1) is 16.1. The summed E-state index contributed by atoms with van der Waals surface area (Å²) >= 11 is 0. The average Bonchev–Trinajstić information content (AvgIpc) is 2.85. The minimum Gasteiger partial charge on any atom is -0.376 e. The number of aryl methyl sites for hydroxylation is 1. The summed E-state index contributed by atoms with van der Waals surface area (Å²) in [5.74, 6) is 0.518. The van der Waals surface area contributed by atoms with Crippen molar-refractivity contribution in [2.24, 2.45) is 5.92 Å². The van der Waals surface area contributed by atoms with Crippen LogP contribution in [-0.4, -0.2) is 29.5 Å². The van der Waals surface area contributed by atoms with Gasteiger partial charge in [0.25, 0.3) is 0 Å². The molecule has 1 aliphatic carbocycles. The quantitative estimate of drug-likeness (QED) is 0.467. The number of nitrogens with zero attached hydrogens (tertiary/aromatic N) is 2. The molecular weight excluding hydrogens is 402 g/mol. The minimum absolute atomic E-state index is 0.0393. The third-order valence-corrected chi connectivity index (χ3v) is 7.24. The highest BCUT2D eigenvalue weighted by atomic mass is 15.1. The fourth-order valence-corrected chi connectivity index (χ4v) is 5.08. The van der Waals surface area contributed by atoms with Gasteiger partial charge in [-0.25, -0.2) is 0 Å². The molecule has 2 heterocycles. The summed E-state index contributed by atoms with van der Waals surface area (Å²) in [5, 5.41) is 3.76. The summed E-state index contributed by atoms with van der Waals surface area (Å²) in [5.41, 5.74) is 7.78. The van der Waals surface area contributed by atoms with Gasteiger partial charge < -0.3 is 10.2 Å². The van der Waals surface area contributed by atoms with E-state index < -0.39 is 0 Å². The lowest BCUT2D eigenvalue weighted by molar-refractivity contribution is 0.193. The molecule has 1 aromatic heterocycles. The van der Waals surface area contributed by atoms with E-state index in [4.69, 9.17) is 0 Å². The van der Waals surface area contributed by atoms with Gasteiger partial charge in [-0.2, -0.15) is 0 Å². The summed E-state index contributed by atoms with van der Waals surface area (Å²) in [4.78, 5) is 7.29. The van der Waals surface area contributed by atoms with Gasteiger partial charge in [0.05, 0.1) is 11.7 Å². The van der Waals surface area contributed by atoms with Crippen molar-refractivity contribution in [3.63, 3.8) is 0 Å². The van der Waals surface area contributed by atoms with Gasteiger partial charge in [0.2, 0.25) is 0 Å². The Morgan fingerprint density at radius 3 is 2.52 bits per heavy atom. The fourth-order valence-electron chi connectivity index (χ4n) is 5.08. The number of benzene rings is 1. The van der Waals surface area contributed by atoms with E-state index in [1.807, 2.05) is 12.3 Å². The number of allylic oxidation sites excluding steroid dienone is 5. The fraction of sp³-hybridized carbons (Fsp3) is 0.433. The van der Waals surface area contributed by atoms with Gasteiger partial charge in [-0.1, -0.05) is 60.2 Å². The zero-order valence-electron chi connectivity index (χ0n) is 20.4. The van der Waals surface area contributed by atoms with Crippen LogP contribution in [0.2, 0.25) is 0 Å². The molecule has 3 nitrogen and oxygen atoms in total. The molecule has 3 heteroatoms. The number of hydrogen-bond acceptors (Lipinski definition) is 3. The molecule has 0 bridgehead atoms.